The highest BCUT2D eigenvalue weighted by atomic mass is 16.7. The molecule has 0 aromatic heterocycles. The number of hydrogen-bond acceptors (Lipinski definition) is 4. The molecule has 4 nitrogen and oxygen atoms in total. The molecule has 0 saturated carbocycles. The van der Waals surface area contributed by atoms with E-state index in [9.17, 15) is 0 Å². The maximum atomic E-state index is 5.90. The molecule has 0 amide bonds. The van der Waals surface area contributed by atoms with Crippen LogP contribution in [0.4, 0.5) is 0 Å². The van der Waals surface area contributed by atoms with Crippen LogP contribution in [0.5, 0.6) is 11.5 Å². The largest absolute Gasteiger partial charge is 0.467 e. The third-order valence-electron chi connectivity index (χ3n) is 4.01. The van der Waals surface area contributed by atoms with Gasteiger partial charge in [-0.3, -0.25) is 0 Å². The van der Waals surface area contributed by atoms with Crippen LogP contribution < -0.4 is 9.47 Å². The summed E-state index contributed by atoms with van der Waals surface area (Å²) in [4.78, 5) is 0. The van der Waals surface area contributed by atoms with Crippen molar-refractivity contribution < 1.29 is 18.9 Å². The highest BCUT2D eigenvalue weighted by Gasteiger charge is 2.12. The van der Waals surface area contributed by atoms with Gasteiger partial charge in [0.1, 0.15) is 11.5 Å². The average Bonchev–Trinajstić information content (AvgIpc) is 2.63. The third kappa shape index (κ3) is 5.91. The van der Waals surface area contributed by atoms with Crippen molar-refractivity contribution in [3.05, 3.63) is 35.9 Å². The molecule has 4 heteroatoms. The fourth-order valence-electron chi connectivity index (χ4n) is 2.58. The van der Waals surface area contributed by atoms with Gasteiger partial charge in [0.25, 0.3) is 0 Å². The Balaban J connectivity index is 2.07. The maximum absolute atomic E-state index is 5.90. The molecular weight excluding hydrogens is 316 g/mol. The summed E-state index contributed by atoms with van der Waals surface area (Å²) in [5.41, 5.74) is 1.03. The lowest BCUT2D eigenvalue weighted by Crippen LogP contribution is -2.07. The summed E-state index contributed by atoms with van der Waals surface area (Å²) < 4.78 is 22.8. The Labute approximate surface area is 151 Å². The van der Waals surface area contributed by atoms with E-state index in [2.05, 4.69) is 19.9 Å². The Hall–Kier alpha value is -1.78. The van der Waals surface area contributed by atoms with E-state index in [4.69, 9.17) is 18.9 Å². The molecule has 0 aliphatic rings. The zero-order valence-corrected chi connectivity index (χ0v) is 15.7. The molecule has 0 heterocycles. The van der Waals surface area contributed by atoms with E-state index in [-0.39, 0.29) is 13.6 Å². The molecule has 0 N–H and O–H groups in total. The number of benzene rings is 2. The van der Waals surface area contributed by atoms with Gasteiger partial charge < -0.3 is 18.9 Å². The smallest absolute Gasteiger partial charge is 0.189 e. The summed E-state index contributed by atoms with van der Waals surface area (Å²) in [5.74, 6) is 1.68. The molecule has 0 spiro atoms. The second kappa shape index (κ2) is 11.0. The Morgan fingerprint density at radius 3 is 2.04 bits per heavy atom. The van der Waals surface area contributed by atoms with E-state index >= 15 is 0 Å². The van der Waals surface area contributed by atoms with E-state index in [0.29, 0.717) is 0 Å². The van der Waals surface area contributed by atoms with Gasteiger partial charge in [0, 0.05) is 10.8 Å². The zero-order chi connectivity index (χ0) is 17.9. The van der Waals surface area contributed by atoms with Gasteiger partial charge in [0.2, 0.25) is 0 Å². The number of ether oxygens (including phenoxy) is 4. The monoisotopic (exact) mass is 346 g/mol. The highest BCUT2D eigenvalue weighted by Crippen LogP contribution is 2.36. The number of unbranched alkanes of at least 4 members (excludes halogenated alkanes) is 2. The number of rotatable bonds is 12. The first-order chi connectivity index (χ1) is 12.3. The summed E-state index contributed by atoms with van der Waals surface area (Å²) in [7, 11) is 0. The van der Waals surface area contributed by atoms with Crippen molar-refractivity contribution in [2.45, 2.75) is 46.5 Å². The summed E-state index contributed by atoms with van der Waals surface area (Å²) in [6.45, 7) is 8.30. The van der Waals surface area contributed by atoms with Crippen molar-refractivity contribution in [2.24, 2.45) is 0 Å². The van der Waals surface area contributed by atoms with Crippen molar-refractivity contribution in [3.8, 4) is 11.5 Å². The normalized spacial score (nSPS) is 11.0. The number of aryl methyl sites for hydroxylation is 1. The van der Waals surface area contributed by atoms with Gasteiger partial charge in [-0.05, 0) is 31.4 Å². The fraction of sp³-hybridized carbons (Fsp3) is 0.524. The van der Waals surface area contributed by atoms with E-state index in [1.165, 1.54) is 0 Å². The van der Waals surface area contributed by atoms with Crippen molar-refractivity contribution in [2.75, 3.05) is 26.8 Å². The number of fused-ring (bicyclic) bond motifs is 1. The lowest BCUT2D eigenvalue weighted by atomic mass is 10.0. The molecule has 0 aliphatic heterocycles. The molecule has 0 radical (unpaired) electrons. The van der Waals surface area contributed by atoms with Crippen LogP contribution in [0.3, 0.4) is 0 Å². The van der Waals surface area contributed by atoms with Gasteiger partial charge in [-0.2, -0.15) is 0 Å². The molecule has 0 fully saturated rings. The summed E-state index contributed by atoms with van der Waals surface area (Å²) in [5, 5.41) is 2.06. The Morgan fingerprint density at radius 1 is 0.800 bits per heavy atom. The molecule has 2 rings (SSSR count). The Morgan fingerprint density at radius 2 is 1.40 bits per heavy atom. The van der Waals surface area contributed by atoms with Crippen LogP contribution in [0.25, 0.3) is 10.8 Å². The lowest BCUT2D eigenvalue weighted by Gasteiger charge is -2.16. The van der Waals surface area contributed by atoms with Gasteiger partial charge in [0.05, 0.1) is 13.2 Å². The maximum Gasteiger partial charge on any atom is 0.189 e. The summed E-state index contributed by atoms with van der Waals surface area (Å²) >= 11 is 0. The molecule has 2 aromatic rings. The van der Waals surface area contributed by atoms with Crippen LogP contribution in [0, 0.1) is 6.92 Å². The molecule has 0 unspecified atom stereocenters. The molecule has 0 bridgehead atoms. The van der Waals surface area contributed by atoms with Crippen LogP contribution in [0.2, 0.25) is 0 Å². The van der Waals surface area contributed by atoms with Crippen molar-refractivity contribution in [1.82, 2.24) is 0 Å². The highest BCUT2D eigenvalue weighted by molar-refractivity contribution is 5.94. The summed E-state index contributed by atoms with van der Waals surface area (Å²) in [6.07, 6.45) is 4.34. The minimum Gasteiger partial charge on any atom is -0.467 e. The average molecular weight is 346 g/mol. The van der Waals surface area contributed by atoms with Crippen LogP contribution in [0.15, 0.2) is 30.3 Å². The predicted molar refractivity (Wildman–Crippen MR) is 101 cm³/mol. The lowest BCUT2D eigenvalue weighted by molar-refractivity contribution is 0.0128. The standard InChI is InChI=1S/C21H30O4/c1-4-6-12-22-15-24-20-14-17(3)21(25-16-23-13-7-5-2)19-11-9-8-10-18(19)20/h8-11,14H,4-7,12-13,15-16H2,1-3H3. The first-order valence-corrected chi connectivity index (χ1v) is 9.21. The van der Waals surface area contributed by atoms with Gasteiger partial charge >= 0.3 is 0 Å². The van der Waals surface area contributed by atoms with Crippen LogP contribution in [-0.4, -0.2) is 26.8 Å². The van der Waals surface area contributed by atoms with Crippen molar-refractivity contribution in [3.63, 3.8) is 0 Å². The first kappa shape index (κ1) is 19.5. The second-order valence-corrected chi connectivity index (χ2v) is 6.11. The molecule has 0 aliphatic carbocycles. The second-order valence-electron chi connectivity index (χ2n) is 6.11. The van der Waals surface area contributed by atoms with Crippen molar-refractivity contribution in [1.29, 1.82) is 0 Å². The Bertz CT molecular complexity index is 639. The minimum atomic E-state index is 0.268. The van der Waals surface area contributed by atoms with Gasteiger partial charge in [0.15, 0.2) is 13.6 Å². The molecule has 0 saturated heterocycles. The topological polar surface area (TPSA) is 36.9 Å². The minimum absolute atomic E-state index is 0.268. The number of hydrogen-bond donors (Lipinski definition) is 0. The molecule has 0 atom stereocenters. The molecule has 25 heavy (non-hydrogen) atoms. The van der Waals surface area contributed by atoms with E-state index in [1.807, 2.05) is 31.2 Å². The Kier molecular flexibility index (Phi) is 8.56. The van der Waals surface area contributed by atoms with Gasteiger partial charge in [-0.25, -0.2) is 0 Å². The van der Waals surface area contributed by atoms with Crippen LogP contribution in [0.1, 0.15) is 45.1 Å². The quantitative estimate of drug-likeness (QED) is 0.378. The first-order valence-electron chi connectivity index (χ1n) is 9.21. The fourth-order valence-corrected chi connectivity index (χ4v) is 2.58. The molecule has 138 valence electrons. The van der Waals surface area contributed by atoms with E-state index < -0.39 is 0 Å². The van der Waals surface area contributed by atoms with E-state index in [1.54, 1.807) is 0 Å². The predicted octanol–water partition coefficient (Wildman–Crippen LogP) is 5.45. The van der Waals surface area contributed by atoms with Crippen LogP contribution in [-0.2, 0) is 9.47 Å². The molecule has 2 aromatic carbocycles. The van der Waals surface area contributed by atoms with Crippen LogP contribution >= 0.6 is 0 Å². The van der Waals surface area contributed by atoms with Crippen molar-refractivity contribution >= 4 is 10.8 Å². The molecular formula is C21H30O4. The van der Waals surface area contributed by atoms with Gasteiger partial charge in [-0.1, -0.05) is 51.0 Å². The summed E-state index contributed by atoms with van der Waals surface area (Å²) in [6, 6.07) is 10.1. The zero-order valence-electron chi connectivity index (χ0n) is 15.7. The third-order valence-corrected chi connectivity index (χ3v) is 4.01. The van der Waals surface area contributed by atoms with E-state index in [0.717, 1.165) is 66.7 Å². The SMILES string of the molecule is CCCCOCOc1cc(C)c(OCOCCCC)c2ccccc12. The van der Waals surface area contributed by atoms with Gasteiger partial charge in [-0.15, -0.1) is 0 Å².